The second-order valence-corrected chi connectivity index (χ2v) is 7.95. The van der Waals surface area contributed by atoms with Crippen molar-refractivity contribution in [2.24, 2.45) is 5.92 Å². The summed E-state index contributed by atoms with van der Waals surface area (Å²) in [5.74, 6) is 0.102. The van der Waals surface area contributed by atoms with Gasteiger partial charge < -0.3 is 5.32 Å². The monoisotopic (exact) mass is 340 g/mol. The molecule has 0 aliphatic carbocycles. The van der Waals surface area contributed by atoms with Crippen molar-refractivity contribution in [3.8, 4) is 0 Å². The summed E-state index contributed by atoms with van der Waals surface area (Å²) in [7, 11) is -3.57. The van der Waals surface area contributed by atoms with Gasteiger partial charge in [0.25, 0.3) is 5.91 Å². The molecule has 1 aromatic carbocycles. The average Bonchev–Trinajstić information content (AvgIpc) is 2.49. The van der Waals surface area contributed by atoms with Crippen LogP contribution in [0.25, 0.3) is 0 Å². The van der Waals surface area contributed by atoms with Gasteiger partial charge in [-0.15, -0.1) is 0 Å². The van der Waals surface area contributed by atoms with Crippen molar-refractivity contribution in [3.05, 3.63) is 29.3 Å². The van der Waals surface area contributed by atoms with Gasteiger partial charge in [-0.3, -0.25) is 4.79 Å². The van der Waals surface area contributed by atoms with Crippen molar-refractivity contribution >= 4 is 15.9 Å². The van der Waals surface area contributed by atoms with Crippen molar-refractivity contribution in [2.45, 2.75) is 51.9 Å². The molecular formula is C17H28N2O3S. The topological polar surface area (TPSA) is 75.3 Å². The highest BCUT2D eigenvalue weighted by Gasteiger charge is 2.17. The Bertz CT molecular complexity index is 625. The molecule has 1 aromatic rings. The number of carbonyl (C=O) groups excluding carboxylic acids is 1. The molecule has 0 unspecified atom stereocenters. The fourth-order valence-corrected chi connectivity index (χ4v) is 3.17. The van der Waals surface area contributed by atoms with Gasteiger partial charge in [-0.2, -0.15) is 0 Å². The zero-order chi connectivity index (χ0) is 17.5. The van der Waals surface area contributed by atoms with Crippen molar-refractivity contribution in [2.75, 3.05) is 13.1 Å². The van der Waals surface area contributed by atoms with E-state index < -0.39 is 10.0 Å². The molecule has 2 N–H and O–H groups in total. The molecule has 0 heterocycles. The number of carbonyl (C=O) groups is 1. The highest BCUT2D eigenvalue weighted by atomic mass is 32.2. The fraction of sp³-hybridized carbons (Fsp3) is 0.588. The van der Waals surface area contributed by atoms with Crippen LogP contribution in [0.3, 0.4) is 0 Å². The fourth-order valence-electron chi connectivity index (χ4n) is 2.07. The van der Waals surface area contributed by atoms with Crippen LogP contribution in [0.15, 0.2) is 23.1 Å². The summed E-state index contributed by atoms with van der Waals surface area (Å²) in [5, 5.41) is 2.82. The lowest BCUT2D eigenvalue weighted by molar-refractivity contribution is 0.0948. The zero-order valence-corrected chi connectivity index (χ0v) is 15.3. The maximum absolute atomic E-state index is 12.3. The van der Waals surface area contributed by atoms with Crippen molar-refractivity contribution in [1.29, 1.82) is 0 Å². The SMILES string of the molecule is CCCCCNS(=O)(=O)c1ccc(C)c(C(=O)NCC(C)C)c1. The Morgan fingerprint density at radius 2 is 1.91 bits per heavy atom. The van der Waals surface area contributed by atoms with E-state index in [-0.39, 0.29) is 10.8 Å². The number of benzene rings is 1. The molecule has 6 heteroatoms. The number of rotatable bonds is 9. The number of amides is 1. The Kier molecular flexibility index (Phi) is 7.72. The van der Waals surface area contributed by atoms with Gasteiger partial charge >= 0.3 is 0 Å². The van der Waals surface area contributed by atoms with Crippen LogP contribution in [0, 0.1) is 12.8 Å². The molecule has 1 amide bonds. The van der Waals surface area contributed by atoms with Crippen LogP contribution in [0.5, 0.6) is 0 Å². The molecule has 0 atom stereocenters. The average molecular weight is 340 g/mol. The van der Waals surface area contributed by atoms with E-state index in [9.17, 15) is 13.2 Å². The minimum Gasteiger partial charge on any atom is -0.352 e. The zero-order valence-electron chi connectivity index (χ0n) is 14.5. The van der Waals surface area contributed by atoms with Crippen LogP contribution < -0.4 is 10.0 Å². The summed E-state index contributed by atoms with van der Waals surface area (Å²) >= 11 is 0. The molecule has 5 nitrogen and oxygen atoms in total. The van der Waals surface area contributed by atoms with Crippen molar-refractivity contribution < 1.29 is 13.2 Å². The molecule has 0 radical (unpaired) electrons. The lowest BCUT2D eigenvalue weighted by Crippen LogP contribution is -2.29. The van der Waals surface area contributed by atoms with Gasteiger partial charge in [0.05, 0.1) is 4.90 Å². The largest absolute Gasteiger partial charge is 0.352 e. The van der Waals surface area contributed by atoms with E-state index in [0.717, 1.165) is 24.8 Å². The van der Waals surface area contributed by atoms with Gasteiger partial charge in [0.2, 0.25) is 10.0 Å². The molecule has 0 aliphatic rings. The van der Waals surface area contributed by atoms with Crippen LogP contribution >= 0.6 is 0 Å². The molecule has 0 saturated carbocycles. The van der Waals surface area contributed by atoms with Gasteiger partial charge in [-0.25, -0.2) is 13.1 Å². The number of unbranched alkanes of at least 4 members (excludes halogenated alkanes) is 2. The minimum atomic E-state index is -3.57. The molecule has 0 aromatic heterocycles. The molecule has 0 aliphatic heterocycles. The number of sulfonamides is 1. The number of hydrogen-bond donors (Lipinski definition) is 2. The first-order chi connectivity index (χ1) is 10.8. The molecular weight excluding hydrogens is 312 g/mol. The lowest BCUT2D eigenvalue weighted by atomic mass is 10.1. The second-order valence-electron chi connectivity index (χ2n) is 6.19. The highest BCUT2D eigenvalue weighted by molar-refractivity contribution is 7.89. The summed E-state index contributed by atoms with van der Waals surface area (Å²) in [6, 6.07) is 4.66. The summed E-state index contributed by atoms with van der Waals surface area (Å²) in [6.07, 6.45) is 2.83. The van der Waals surface area contributed by atoms with Gasteiger partial charge in [-0.1, -0.05) is 39.7 Å². The third kappa shape index (κ3) is 6.31. The van der Waals surface area contributed by atoms with Crippen LogP contribution in [0.2, 0.25) is 0 Å². The van der Waals surface area contributed by atoms with E-state index in [2.05, 4.69) is 17.0 Å². The molecule has 0 saturated heterocycles. The Morgan fingerprint density at radius 3 is 2.52 bits per heavy atom. The summed E-state index contributed by atoms with van der Waals surface area (Å²) in [5.41, 5.74) is 1.17. The molecule has 23 heavy (non-hydrogen) atoms. The van der Waals surface area contributed by atoms with Crippen LogP contribution in [-0.2, 0) is 10.0 Å². The second kappa shape index (κ2) is 9.03. The molecule has 0 bridgehead atoms. The van der Waals surface area contributed by atoms with Gasteiger partial charge in [0, 0.05) is 18.7 Å². The first kappa shape index (κ1) is 19.6. The maximum atomic E-state index is 12.3. The van der Waals surface area contributed by atoms with E-state index in [0.29, 0.717) is 24.6 Å². The van der Waals surface area contributed by atoms with Crippen LogP contribution in [-0.4, -0.2) is 27.4 Å². The van der Waals surface area contributed by atoms with E-state index >= 15 is 0 Å². The van der Waals surface area contributed by atoms with Gasteiger partial charge in [0.1, 0.15) is 0 Å². The lowest BCUT2D eigenvalue weighted by Gasteiger charge is -2.12. The first-order valence-corrected chi connectivity index (χ1v) is 9.64. The molecule has 0 spiro atoms. The summed E-state index contributed by atoms with van der Waals surface area (Å²) in [4.78, 5) is 12.4. The summed E-state index contributed by atoms with van der Waals surface area (Å²) < 4.78 is 27.2. The van der Waals surface area contributed by atoms with Crippen molar-refractivity contribution in [1.82, 2.24) is 10.0 Å². The van der Waals surface area contributed by atoms with E-state index in [1.807, 2.05) is 13.8 Å². The number of aryl methyl sites for hydroxylation is 1. The Labute approximate surface area is 139 Å². The quantitative estimate of drug-likeness (QED) is 0.679. The van der Waals surface area contributed by atoms with E-state index in [1.54, 1.807) is 13.0 Å². The number of hydrogen-bond acceptors (Lipinski definition) is 3. The van der Waals surface area contributed by atoms with E-state index in [4.69, 9.17) is 0 Å². The maximum Gasteiger partial charge on any atom is 0.251 e. The first-order valence-electron chi connectivity index (χ1n) is 8.16. The summed E-state index contributed by atoms with van der Waals surface area (Å²) in [6.45, 7) is 8.86. The normalized spacial score (nSPS) is 11.7. The molecule has 0 fully saturated rings. The predicted octanol–water partition coefficient (Wildman–Crippen LogP) is 2.85. The third-order valence-electron chi connectivity index (χ3n) is 3.51. The molecule has 130 valence electrons. The van der Waals surface area contributed by atoms with E-state index in [1.165, 1.54) is 12.1 Å². The Morgan fingerprint density at radius 1 is 1.22 bits per heavy atom. The third-order valence-corrected chi connectivity index (χ3v) is 4.97. The number of nitrogens with one attached hydrogen (secondary N) is 2. The highest BCUT2D eigenvalue weighted by Crippen LogP contribution is 2.16. The Balaban J connectivity index is 2.89. The minimum absolute atomic E-state index is 0.134. The standard InChI is InChI=1S/C17H28N2O3S/c1-5-6-7-10-19-23(21,22)15-9-8-14(4)16(11-15)17(20)18-12-13(2)3/h8-9,11,13,19H,5-7,10,12H2,1-4H3,(H,18,20). The smallest absolute Gasteiger partial charge is 0.251 e. The molecule has 1 rings (SSSR count). The van der Waals surface area contributed by atoms with Crippen LogP contribution in [0.1, 0.15) is 56.0 Å². The predicted molar refractivity (Wildman–Crippen MR) is 93.1 cm³/mol. The van der Waals surface area contributed by atoms with Gasteiger partial charge in [0.15, 0.2) is 0 Å². The van der Waals surface area contributed by atoms with Gasteiger partial charge in [-0.05, 0) is 37.0 Å². The van der Waals surface area contributed by atoms with Crippen LogP contribution in [0.4, 0.5) is 0 Å². The Hall–Kier alpha value is -1.40. The van der Waals surface area contributed by atoms with Crippen molar-refractivity contribution in [3.63, 3.8) is 0 Å².